The summed E-state index contributed by atoms with van der Waals surface area (Å²) in [5.74, 6) is 0.117. The molecule has 0 radical (unpaired) electrons. The number of carbonyl (C=O) groups excluding carboxylic acids is 1. The third kappa shape index (κ3) is 2.54. The molecule has 0 spiro atoms. The molecule has 3 aliphatic rings. The zero-order valence-electron chi connectivity index (χ0n) is 14.6. The van der Waals surface area contributed by atoms with Gasteiger partial charge in [0.25, 0.3) is 6.01 Å². The summed E-state index contributed by atoms with van der Waals surface area (Å²) in [5, 5.41) is 6.35. The molecule has 3 aliphatic heterocycles. The Morgan fingerprint density at radius 2 is 2.19 bits per heavy atom. The number of Topliss-reactive ketones (excluding diaryl/α,β-unsaturated/α-hetero) is 1. The van der Waals surface area contributed by atoms with Crippen LogP contribution in [0.15, 0.2) is 28.1 Å². The highest BCUT2D eigenvalue weighted by molar-refractivity contribution is 7.13. The molecule has 6 rings (SSSR count). The van der Waals surface area contributed by atoms with Gasteiger partial charge in [-0.15, -0.1) is 11.3 Å². The average Bonchev–Trinajstić information content (AvgIpc) is 3.30. The lowest BCUT2D eigenvalue weighted by Crippen LogP contribution is -2.67. The van der Waals surface area contributed by atoms with E-state index < -0.39 is 0 Å². The summed E-state index contributed by atoms with van der Waals surface area (Å²) in [7, 11) is 0. The molecular formula is C19H20N4O2S. The average molecular weight is 368 g/mol. The first-order valence-electron chi connectivity index (χ1n) is 9.10. The second kappa shape index (κ2) is 6.17. The van der Waals surface area contributed by atoms with E-state index in [1.165, 1.54) is 6.42 Å². The van der Waals surface area contributed by atoms with Gasteiger partial charge in [0.2, 0.25) is 0 Å². The molecular weight excluding hydrogens is 348 g/mol. The molecule has 1 N–H and O–H groups in total. The monoisotopic (exact) mass is 368 g/mol. The van der Waals surface area contributed by atoms with Gasteiger partial charge in [-0.1, -0.05) is 6.92 Å². The van der Waals surface area contributed by atoms with Crippen molar-refractivity contribution in [3.8, 4) is 10.6 Å². The highest BCUT2D eigenvalue weighted by Gasteiger charge is 2.38. The fourth-order valence-corrected chi connectivity index (χ4v) is 4.57. The quantitative estimate of drug-likeness (QED) is 0.695. The van der Waals surface area contributed by atoms with E-state index in [1.54, 1.807) is 17.5 Å². The summed E-state index contributed by atoms with van der Waals surface area (Å²) in [5.41, 5.74) is 2.89. The Kier molecular flexibility index (Phi) is 3.79. The van der Waals surface area contributed by atoms with E-state index in [-0.39, 0.29) is 5.78 Å². The number of fused-ring (bicyclic) bond motifs is 3. The summed E-state index contributed by atoms with van der Waals surface area (Å²) in [4.78, 5) is 23.9. The molecule has 134 valence electrons. The lowest BCUT2D eigenvalue weighted by Gasteiger charge is -2.47. The number of anilines is 1. The van der Waals surface area contributed by atoms with Crippen LogP contribution in [0.5, 0.6) is 0 Å². The Balaban J connectivity index is 1.63. The van der Waals surface area contributed by atoms with Gasteiger partial charge in [-0.25, -0.2) is 4.98 Å². The first-order chi connectivity index (χ1) is 12.7. The molecule has 26 heavy (non-hydrogen) atoms. The van der Waals surface area contributed by atoms with Crippen LogP contribution in [0.3, 0.4) is 0 Å². The van der Waals surface area contributed by atoms with E-state index in [4.69, 9.17) is 9.40 Å². The van der Waals surface area contributed by atoms with Crippen LogP contribution in [-0.4, -0.2) is 40.9 Å². The second-order valence-corrected chi connectivity index (χ2v) is 7.94. The Hall–Kier alpha value is -2.25. The molecule has 3 saturated heterocycles. The molecule has 3 fully saturated rings. The third-order valence-electron chi connectivity index (χ3n) is 5.16. The fraction of sp³-hybridized carbons (Fsp3) is 0.421. The molecule has 2 atom stereocenters. The van der Waals surface area contributed by atoms with Crippen molar-refractivity contribution in [3.05, 3.63) is 29.3 Å². The Bertz CT molecular complexity index is 949. The summed E-state index contributed by atoms with van der Waals surface area (Å²) >= 11 is 1.56. The molecule has 0 aliphatic carbocycles. The van der Waals surface area contributed by atoms with Gasteiger partial charge >= 0.3 is 0 Å². The van der Waals surface area contributed by atoms with Crippen molar-refractivity contribution in [2.24, 2.45) is 0 Å². The minimum Gasteiger partial charge on any atom is -0.423 e. The largest absolute Gasteiger partial charge is 0.423 e. The highest BCUT2D eigenvalue weighted by Crippen LogP contribution is 2.36. The molecule has 5 heterocycles. The van der Waals surface area contributed by atoms with Crippen molar-refractivity contribution in [1.82, 2.24) is 15.3 Å². The standard InChI is InChI=1S/C19H20N4O2S/c1-2-3-15(24)13-4-5-14(18-20-6-7-26-18)17-16(13)22-19(25-17)23-9-11-8-12(10-23)21-11/h4-7,11-12,21H,2-3,8-10H2,1H3. The predicted octanol–water partition coefficient (Wildman–Crippen LogP) is 3.48. The maximum Gasteiger partial charge on any atom is 0.298 e. The van der Waals surface area contributed by atoms with E-state index in [2.05, 4.69) is 15.2 Å². The van der Waals surface area contributed by atoms with Crippen molar-refractivity contribution in [2.75, 3.05) is 18.0 Å². The van der Waals surface area contributed by atoms with Crippen LogP contribution in [0.4, 0.5) is 6.01 Å². The molecule has 0 amide bonds. The van der Waals surface area contributed by atoms with Crippen LogP contribution in [0, 0.1) is 0 Å². The van der Waals surface area contributed by atoms with Gasteiger partial charge in [-0.05, 0) is 25.0 Å². The number of aromatic nitrogens is 2. The number of hydrogen-bond donors (Lipinski definition) is 1. The van der Waals surface area contributed by atoms with Crippen LogP contribution < -0.4 is 10.2 Å². The lowest BCUT2D eigenvalue weighted by atomic mass is 9.92. The molecule has 6 nitrogen and oxygen atoms in total. The third-order valence-corrected chi connectivity index (χ3v) is 5.97. The van der Waals surface area contributed by atoms with Crippen LogP contribution >= 0.6 is 11.3 Å². The molecule has 0 saturated carbocycles. The topological polar surface area (TPSA) is 71.3 Å². The highest BCUT2D eigenvalue weighted by atomic mass is 32.1. The zero-order chi connectivity index (χ0) is 17.7. The molecule has 2 bridgehead atoms. The van der Waals surface area contributed by atoms with Crippen LogP contribution in [0.1, 0.15) is 36.5 Å². The van der Waals surface area contributed by atoms with Crippen LogP contribution in [0.2, 0.25) is 0 Å². The van der Waals surface area contributed by atoms with Crippen LogP contribution in [0.25, 0.3) is 21.7 Å². The van der Waals surface area contributed by atoms with Gasteiger partial charge in [-0.3, -0.25) is 4.79 Å². The predicted molar refractivity (Wildman–Crippen MR) is 102 cm³/mol. The van der Waals surface area contributed by atoms with Gasteiger partial charge in [0, 0.05) is 48.7 Å². The van der Waals surface area contributed by atoms with Gasteiger partial charge in [0.15, 0.2) is 11.4 Å². The Labute approximate surface area is 155 Å². The summed E-state index contributed by atoms with van der Waals surface area (Å²) in [6, 6.07) is 5.46. The van der Waals surface area contributed by atoms with E-state index in [9.17, 15) is 4.79 Å². The summed E-state index contributed by atoms with van der Waals surface area (Å²) in [6.07, 6.45) is 4.34. The van der Waals surface area contributed by atoms with Crippen molar-refractivity contribution in [3.63, 3.8) is 0 Å². The molecule has 3 aromatic rings. The van der Waals surface area contributed by atoms with Gasteiger partial charge in [0.1, 0.15) is 10.5 Å². The fourth-order valence-electron chi connectivity index (χ4n) is 3.91. The summed E-state index contributed by atoms with van der Waals surface area (Å²) < 4.78 is 6.20. The van der Waals surface area contributed by atoms with Crippen LogP contribution in [-0.2, 0) is 0 Å². The van der Waals surface area contributed by atoms with Gasteiger partial charge < -0.3 is 14.6 Å². The van der Waals surface area contributed by atoms with E-state index in [0.717, 1.165) is 30.1 Å². The normalized spacial score (nSPS) is 21.8. The number of oxazole rings is 1. The van der Waals surface area contributed by atoms with E-state index in [0.29, 0.717) is 41.2 Å². The second-order valence-electron chi connectivity index (χ2n) is 7.05. The van der Waals surface area contributed by atoms with E-state index in [1.807, 2.05) is 24.4 Å². The number of benzene rings is 1. The lowest BCUT2D eigenvalue weighted by molar-refractivity contribution is 0.0983. The van der Waals surface area contributed by atoms with Crippen molar-refractivity contribution < 1.29 is 9.21 Å². The van der Waals surface area contributed by atoms with Crippen molar-refractivity contribution in [2.45, 2.75) is 38.3 Å². The number of ketones is 1. The first-order valence-corrected chi connectivity index (χ1v) is 9.98. The molecule has 7 heteroatoms. The number of nitrogens with one attached hydrogen (secondary N) is 1. The Morgan fingerprint density at radius 3 is 2.88 bits per heavy atom. The van der Waals surface area contributed by atoms with Crippen molar-refractivity contribution >= 4 is 34.2 Å². The number of piperazine rings is 1. The number of thiazole rings is 1. The maximum atomic E-state index is 12.6. The zero-order valence-corrected chi connectivity index (χ0v) is 15.4. The van der Waals surface area contributed by atoms with E-state index >= 15 is 0 Å². The molecule has 1 aromatic carbocycles. The minimum atomic E-state index is 0.117. The minimum absolute atomic E-state index is 0.117. The van der Waals surface area contributed by atoms with Gasteiger partial charge in [-0.2, -0.15) is 4.98 Å². The Morgan fingerprint density at radius 1 is 1.38 bits per heavy atom. The maximum absolute atomic E-state index is 12.6. The molecule has 2 aromatic heterocycles. The molecule has 2 unspecified atom stereocenters. The SMILES string of the molecule is CCCC(=O)c1ccc(-c2nccs2)c2oc(N3CC4CC(C3)N4)nc12. The number of nitrogens with zero attached hydrogens (tertiary/aromatic N) is 3. The number of hydrogen-bond acceptors (Lipinski definition) is 7. The summed E-state index contributed by atoms with van der Waals surface area (Å²) in [6.45, 7) is 3.81. The first kappa shape index (κ1) is 16.0. The van der Waals surface area contributed by atoms with Gasteiger partial charge in [0.05, 0.1) is 5.56 Å². The smallest absolute Gasteiger partial charge is 0.298 e. The number of carbonyl (C=O) groups is 1. The number of piperidine rings is 1. The van der Waals surface area contributed by atoms with Crippen molar-refractivity contribution in [1.29, 1.82) is 0 Å². The number of rotatable bonds is 5.